The molecule has 0 saturated carbocycles. The van der Waals surface area contributed by atoms with Crippen molar-refractivity contribution in [2.45, 2.75) is 32.4 Å². The van der Waals surface area contributed by atoms with Gasteiger partial charge in [-0.25, -0.2) is 4.98 Å². The fraction of sp³-hybridized carbons (Fsp3) is 0.316. The largest absolute Gasteiger partial charge is 0.412 e. The molecule has 1 aromatic heterocycles. The summed E-state index contributed by atoms with van der Waals surface area (Å²) in [6.45, 7) is 6.47. The average Bonchev–Trinajstić information content (AvgIpc) is 3.04. The van der Waals surface area contributed by atoms with Crippen molar-refractivity contribution in [3.05, 3.63) is 66.7 Å². The Bertz CT molecular complexity index is 745. The third kappa shape index (κ3) is 6.01. The van der Waals surface area contributed by atoms with Gasteiger partial charge in [-0.2, -0.15) is 0 Å². The third-order valence-electron chi connectivity index (χ3n) is 4.19. The molecule has 25 heavy (non-hydrogen) atoms. The van der Waals surface area contributed by atoms with Gasteiger partial charge in [-0.05, 0) is 49.2 Å². The summed E-state index contributed by atoms with van der Waals surface area (Å²) in [7, 11) is 0. The second-order valence-corrected chi connectivity index (χ2v) is 6.27. The van der Waals surface area contributed by atoms with Crippen LogP contribution in [0.15, 0.2) is 61.2 Å². The van der Waals surface area contributed by atoms with Crippen LogP contribution in [0.4, 0.5) is 0 Å². The predicted molar refractivity (Wildman–Crippen MR) is 110 cm³/mol. The number of aryl methyl sites for hydroxylation is 1. The second-order valence-electron chi connectivity index (χ2n) is 6.27. The first-order chi connectivity index (χ1) is 10.6. The van der Waals surface area contributed by atoms with E-state index in [1.165, 1.54) is 16.3 Å². The first-order valence-electron chi connectivity index (χ1n) is 7.85. The highest BCUT2D eigenvalue weighted by Gasteiger charge is 2.19. The van der Waals surface area contributed by atoms with Gasteiger partial charge in [0.25, 0.3) is 0 Å². The van der Waals surface area contributed by atoms with Crippen LogP contribution >= 0.6 is 24.8 Å². The van der Waals surface area contributed by atoms with Gasteiger partial charge in [0, 0.05) is 24.5 Å². The maximum Gasteiger partial charge on any atom is 0.0945 e. The minimum absolute atomic E-state index is 0. The molecule has 1 heterocycles. The van der Waals surface area contributed by atoms with E-state index in [1.54, 1.807) is 0 Å². The van der Waals surface area contributed by atoms with Gasteiger partial charge in [0.1, 0.15) is 0 Å². The fourth-order valence-electron chi connectivity index (χ4n) is 2.76. The first kappa shape index (κ1) is 23.4. The highest BCUT2D eigenvalue weighted by atomic mass is 35.5. The number of fused-ring (bicyclic) bond motifs is 1. The Hall–Kier alpha value is -1.59. The molecule has 0 spiro atoms. The normalized spacial score (nSPS) is 10.5. The molecule has 6 heteroatoms. The molecule has 0 amide bonds. The van der Waals surface area contributed by atoms with Crippen molar-refractivity contribution in [3.63, 3.8) is 0 Å². The van der Waals surface area contributed by atoms with Crippen molar-refractivity contribution in [3.8, 4) is 0 Å². The summed E-state index contributed by atoms with van der Waals surface area (Å²) in [5, 5.41) is 6.26. The molecular weight excluding hydrogens is 357 g/mol. The van der Waals surface area contributed by atoms with Gasteiger partial charge in [-0.15, -0.1) is 24.8 Å². The fourth-order valence-corrected chi connectivity index (χ4v) is 2.76. The number of benzene rings is 2. The SMILES string of the molecule is CC(C)(NCCCn1ccnc1)c1ccc2ccccc2c1.Cl.Cl.O. The van der Waals surface area contributed by atoms with E-state index in [-0.39, 0.29) is 35.8 Å². The summed E-state index contributed by atoms with van der Waals surface area (Å²) in [5.41, 5.74) is 1.30. The van der Waals surface area contributed by atoms with Crippen molar-refractivity contribution in [1.82, 2.24) is 14.9 Å². The van der Waals surface area contributed by atoms with Crippen molar-refractivity contribution in [2.75, 3.05) is 6.54 Å². The molecule has 2 aromatic carbocycles. The summed E-state index contributed by atoms with van der Waals surface area (Å²) in [5.74, 6) is 0. The first-order valence-corrected chi connectivity index (χ1v) is 7.85. The molecule has 0 aliphatic heterocycles. The lowest BCUT2D eigenvalue weighted by molar-refractivity contribution is 0.393. The van der Waals surface area contributed by atoms with E-state index in [9.17, 15) is 0 Å². The van der Waals surface area contributed by atoms with Gasteiger partial charge in [0.2, 0.25) is 0 Å². The van der Waals surface area contributed by atoms with Crippen LogP contribution in [0.5, 0.6) is 0 Å². The number of rotatable bonds is 6. The molecule has 3 rings (SSSR count). The molecule has 3 N–H and O–H groups in total. The lowest BCUT2D eigenvalue weighted by Crippen LogP contribution is -2.37. The van der Waals surface area contributed by atoms with E-state index in [0.717, 1.165) is 19.5 Å². The van der Waals surface area contributed by atoms with Crippen LogP contribution in [0.2, 0.25) is 0 Å². The summed E-state index contributed by atoms with van der Waals surface area (Å²) in [4.78, 5) is 4.07. The molecule has 0 bridgehead atoms. The van der Waals surface area contributed by atoms with Crippen molar-refractivity contribution in [2.24, 2.45) is 0 Å². The molecule has 0 aliphatic carbocycles. The van der Waals surface area contributed by atoms with Gasteiger partial charge in [0.05, 0.1) is 6.33 Å². The number of hydrogen-bond acceptors (Lipinski definition) is 2. The van der Waals surface area contributed by atoms with E-state index < -0.39 is 0 Å². The number of halogens is 2. The Morgan fingerprint density at radius 2 is 1.76 bits per heavy atom. The molecular formula is C19H27Cl2N3O. The number of nitrogens with zero attached hydrogens (tertiary/aromatic N) is 2. The minimum Gasteiger partial charge on any atom is -0.412 e. The topological polar surface area (TPSA) is 61.4 Å². The summed E-state index contributed by atoms with van der Waals surface area (Å²) in [6.07, 6.45) is 6.79. The Labute approximate surface area is 161 Å². The van der Waals surface area contributed by atoms with E-state index >= 15 is 0 Å². The minimum atomic E-state index is -0.0288. The van der Waals surface area contributed by atoms with E-state index in [0.29, 0.717) is 0 Å². The lowest BCUT2D eigenvalue weighted by atomic mass is 9.92. The van der Waals surface area contributed by atoms with Crippen LogP contribution in [0, 0.1) is 0 Å². The highest BCUT2D eigenvalue weighted by Crippen LogP contribution is 2.24. The molecule has 0 radical (unpaired) electrons. The number of imidazole rings is 1. The number of nitrogens with one attached hydrogen (secondary N) is 1. The summed E-state index contributed by atoms with van der Waals surface area (Å²) < 4.78 is 2.12. The van der Waals surface area contributed by atoms with Gasteiger partial charge in [-0.3, -0.25) is 0 Å². The molecule has 138 valence electrons. The van der Waals surface area contributed by atoms with Crippen molar-refractivity contribution < 1.29 is 5.48 Å². The standard InChI is InChI=1S/C19H23N3.2ClH.H2O/c1-19(2,21-10-5-12-22-13-11-20-15-22)18-9-8-16-6-3-4-7-17(16)14-18;;;/h3-4,6-9,11,13-15,21H,5,10,12H2,1-2H3;2*1H;1H2. The zero-order valence-electron chi connectivity index (χ0n) is 14.6. The molecule has 0 atom stereocenters. The van der Waals surface area contributed by atoms with Crippen molar-refractivity contribution >= 4 is 35.6 Å². The summed E-state index contributed by atoms with van der Waals surface area (Å²) in [6, 6.07) is 15.2. The van der Waals surface area contributed by atoms with E-state index in [4.69, 9.17) is 0 Å². The number of aromatic nitrogens is 2. The van der Waals surface area contributed by atoms with E-state index in [1.807, 2.05) is 18.7 Å². The molecule has 0 saturated heterocycles. The van der Waals surface area contributed by atoms with Gasteiger partial charge in [-0.1, -0.05) is 36.4 Å². The molecule has 0 fully saturated rings. The number of hydrogen-bond donors (Lipinski definition) is 1. The zero-order chi connectivity index (χ0) is 15.4. The average molecular weight is 384 g/mol. The Balaban J connectivity index is 0.00000192. The third-order valence-corrected chi connectivity index (χ3v) is 4.19. The smallest absolute Gasteiger partial charge is 0.0945 e. The van der Waals surface area contributed by atoms with Crippen LogP contribution in [0.3, 0.4) is 0 Å². The molecule has 3 aromatic rings. The predicted octanol–water partition coefficient (Wildman–Crippen LogP) is 3.97. The van der Waals surface area contributed by atoms with Gasteiger partial charge >= 0.3 is 0 Å². The maximum absolute atomic E-state index is 4.07. The monoisotopic (exact) mass is 383 g/mol. The Morgan fingerprint density at radius 3 is 2.44 bits per heavy atom. The molecule has 4 nitrogen and oxygen atoms in total. The quantitative estimate of drug-likeness (QED) is 0.654. The van der Waals surface area contributed by atoms with Crippen LogP contribution < -0.4 is 5.32 Å². The Morgan fingerprint density at radius 1 is 1.04 bits per heavy atom. The highest BCUT2D eigenvalue weighted by molar-refractivity contribution is 5.85. The van der Waals surface area contributed by atoms with Crippen molar-refractivity contribution in [1.29, 1.82) is 0 Å². The molecule has 0 unspecified atom stereocenters. The van der Waals surface area contributed by atoms with Crippen LogP contribution in [-0.4, -0.2) is 21.6 Å². The van der Waals surface area contributed by atoms with Gasteiger partial charge < -0.3 is 15.4 Å². The molecule has 0 aliphatic rings. The van der Waals surface area contributed by atoms with Crippen LogP contribution in [0.1, 0.15) is 25.8 Å². The zero-order valence-corrected chi connectivity index (χ0v) is 16.2. The van der Waals surface area contributed by atoms with Gasteiger partial charge in [0.15, 0.2) is 0 Å². The lowest BCUT2D eigenvalue weighted by Gasteiger charge is -2.27. The second kappa shape index (κ2) is 10.4. The van der Waals surface area contributed by atoms with Crippen LogP contribution in [-0.2, 0) is 12.1 Å². The van der Waals surface area contributed by atoms with E-state index in [2.05, 4.69) is 71.2 Å². The summed E-state index contributed by atoms with van der Waals surface area (Å²) >= 11 is 0. The maximum atomic E-state index is 4.07. The van der Waals surface area contributed by atoms with Crippen LogP contribution in [0.25, 0.3) is 10.8 Å². The Kier molecular flexibility index (Phi) is 9.75.